The number of hydrogen-bond acceptors (Lipinski definition) is 3. The van der Waals surface area contributed by atoms with E-state index in [2.05, 4.69) is 213 Å². The predicted molar refractivity (Wildman–Crippen MR) is 255 cm³/mol. The quantitative estimate of drug-likeness (QED) is 0.151. The maximum atomic E-state index is 5.36. The van der Waals surface area contributed by atoms with Gasteiger partial charge in [0.25, 0.3) is 0 Å². The molecule has 0 amide bonds. The zero-order chi connectivity index (χ0) is 40.7. The molecule has 61 heavy (non-hydrogen) atoms. The van der Waals surface area contributed by atoms with Crippen LogP contribution in [0.5, 0.6) is 0 Å². The van der Waals surface area contributed by atoms with Gasteiger partial charge in [0, 0.05) is 38.4 Å². The average molecular weight is 778 g/mol. The van der Waals surface area contributed by atoms with Gasteiger partial charge in [0.05, 0.1) is 22.6 Å². The minimum atomic E-state index is 0.689. The van der Waals surface area contributed by atoms with E-state index in [0.29, 0.717) is 5.82 Å². The summed E-state index contributed by atoms with van der Waals surface area (Å²) in [6, 6.07) is 77.4. The first-order valence-corrected chi connectivity index (χ1v) is 20.8. The second-order valence-electron chi connectivity index (χ2n) is 15.6. The summed E-state index contributed by atoms with van der Waals surface area (Å²) < 4.78 is 0. The first-order valence-electron chi connectivity index (χ1n) is 20.8. The van der Waals surface area contributed by atoms with E-state index in [1.54, 1.807) is 0 Å². The van der Waals surface area contributed by atoms with E-state index in [-0.39, 0.29) is 0 Å². The van der Waals surface area contributed by atoms with Crippen molar-refractivity contribution in [1.29, 1.82) is 0 Å². The highest BCUT2D eigenvalue weighted by Gasteiger charge is 2.16. The van der Waals surface area contributed by atoms with Crippen molar-refractivity contribution in [1.82, 2.24) is 15.0 Å². The summed E-state index contributed by atoms with van der Waals surface area (Å²) in [4.78, 5) is 15.7. The molecule has 11 aromatic rings. The fourth-order valence-corrected chi connectivity index (χ4v) is 8.62. The van der Waals surface area contributed by atoms with Gasteiger partial charge in [0.15, 0.2) is 5.82 Å². The first kappa shape index (κ1) is 36.1. The van der Waals surface area contributed by atoms with Gasteiger partial charge in [0.2, 0.25) is 0 Å². The van der Waals surface area contributed by atoms with Crippen LogP contribution >= 0.6 is 0 Å². The number of hydrogen-bond donors (Lipinski definition) is 0. The van der Waals surface area contributed by atoms with Crippen LogP contribution in [0.4, 0.5) is 0 Å². The minimum Gasteiger partial charge on any atom is -0.247 e. The number of benzene rings is 9. The number of rotatable bonds is 7. The van der Waals surface area contributed by atoms with Gasteiger partial charge in [-0.25, -0.2) is 15.0 Å². The molecule has 0 bridgehead atoms. The summed E-state index contributed by atoms with van der Waals surface area (Å²) in [5.74, 6) is 0.689. The SMILES string of the molecule is Cc1cccc2c1nc(-c1cccc(-c3ccc(-c4cc(-c5ccc(-c6ccccc6)cc5)nc(-c5ccc(-c6ccccc6)cc5)n4)cc3)c1)c1ccc3ccccc3c12. The van der Waals surface area contributed by atoms with Gasteiger partial charge in [-0.05, 0) is 68.8 Å². The average Bonchev–Trinajstić information content (AvgIpc) is 3.34. The first-order chi connectivity index (χ1) is 30.1. The van der Waals surface area contributed by atoms with E-state index < -0.39 is 0 Å². The molecule has 0 spiro atoms. The molecule has 2 aromatic heterocycles. The molecule has 11 rings (SSSR count). The Labute approximate surface area is 355 Å². The van der Waals surface area contributed by atoms with Gasteiger partial charge < -0.3 is 0 Å². The lowest BCUT2D eigenvalue weighted by Gasteiger charge is -2.14. The van der Waals surface area contributed by atoms with Crippen LogP contribution in [-0.2, 0) is 0 Å². The van der Waals surface area contributed by atoms with E-state index >= 15 is 0 Å². The Hall–Kier alpha value is -8.01. The topological polar surface area (TPSA) is 38.7 Å². The lowest BCUT2D eigenvalue weighted by atomic mass is 9.93. The van der Waals surface area contributed by atoms with Crippen molar-refractivity contribution in [2.45, 2.75) is 6.92 Å². The standard InChI is InChI=1S/C58H39N3/c1-38-12-10-21-51-55-50-20-9-8-17-44(50)34-35-52(55)57(61-56(38)51)49-19-11-18-48(36-49)43-24-30-46(31-25-43)54-37-53(45-28-22-41(23-29-45)39-13-4-2-5-14-39)59-58(60-54)47-32-26-42(27-33-47)40-15-6-3-7-16-40/h2-37H,1H3. The van der Waals surface area contributed by atoms with Crippen LogP contribution in [0.25, 0.3) is 111 Å². The Morgan fingerprint density at radius 3 is 1.41 bits per heavy atom. The van der Waals surface area contributed by atoms with E-state index in [1.807, 2.05) is 12.1 Å². The van der Waals surface area contributed by atoms with Crippen LogP contribution in [0.1, 0.15) is 5.56 Å². The van der Waals surface area contributed by atoms with E-state index in [1.165, 1.54) is 43.8 Å². The van der Waals surface area contributed by atoms with E-state index in [0.717, 1.165) is 66.9 Å². The number of nitrogens with zero attached hydrogens (tertiary/aromatic N) is 3. The lowest BCUT2D eigenvalue weighted by Crippen LogP contribution is -1.96. The molecule has 0 radical (unpaired) electrons. The van der Waals surface area contributed by atoms with Gasteiger partial charge in [0.1, 0.15) is 0 Å². The second-order valence-corrected chi connectivity index (χ2v) is 15.6. The number of pyridine rings is 1. The Balaban J connectivity index is 0.975. The van der Waals surface area contributed by atoms with Crippen LogP contribution in [-0.4, -0.2) is 15.0 Å². The fraction of sp³-hybridized carbons (Fsp3) is 0.0172. The van der Waals surface area contributed by atoms with Crippen molar-refractivity contribution in [3.63, 3.8) is 0 Å². The Kier molecular flexibility index (Phi) is 9.05. The second kappa shape index (κ2) is 15.3. The summed E-state index contributed by atoms with van der Waals surface area (Å²) >= 11 is 0. The Morgan fingerprint density at radius 1 is 0.295 bits per heavy atom. The number of aryl methyl sites for hydroxylation is 1. The normalized spacial score (nSPS) is 11.4. The smallest absolute Gasteiger partial charge is 0.160 e. The molecule has 0 unspecified atom stereocenters. The molecule has 0 saturated carbocycles. The van der Waals surface area contributed by atoms with Crippen LogP contribution in [0.2, 0.25) is 0 Å². The van der Waals surface area contributed by atoms with Gasteiger partial charge in [-0.1, -0.05) is 206 Å². The number of aromatic nitrogens is 3. The fourth-order valence-electron chi connectivity index (χ4n) is 8.62. The van der Waals surface area contributed by atoms with Crippen molar-refractivity contribution >= 4 is 32.4 Å². The molecule has 0 atom stereocenters. The molecule has 3 heteroatoms. The lowest BCUT2D eigenvalue weighted by molar-refractivity contribution is 1.18. The Bertz CT molecular complexity index is 3270. The van der Waals surface area contributed by atoms with E-state index in [9.17, 15) is 0 Å². The third-order valence-electron chi connectivity index (χ3n) is 11.8. The van der Waals surface area contributed by atoms with Crippen molar-refractivity contribution < 1.29 is 0 Å². The highest BCUT2D eigenvalue weighted by molar-refractivity contribution is 6.22. The molecule has 0 saturated heterocycles. The summed E-state index contributed by atoms with van der Waals surface area (Å²) in [6.07, 6.45) is 0. The van der Waals surface area contributed by atoms with Gasteiger partial charge in [-0.3, -0.25) is 0 Å². The van der Waals surface area contributed by atoms with Crippen molar-refractivity contribution in [2.24, 2.45) is 0 Å². The van der Waals surface area contributed by atoms with Crippen molar-refractivity contribution in [2.75, 3.05) is 0 Å². The molecular weight excluding hydrogens is 739 g/mol. The maximum absolute atomic E-state index is 5.36. The molecule has 0 N–H and O–H groups in total. The number of fused-ring (bicyclic) bond motifs is 5. The Morgan fingerprint density at radius 2 is 0.770 bits per heavy atom. The number of para-hydroxylation sites is 1. The van der Waals surface area contributed by atoms with Gasteiger partial charge >= 0.3 is 0 Å². The highest BCUT2D eigenvalue weighted by Crippen LogP contribution is 2.39. The third kappa shape index (κ3) is 6.82. The van der Waals surface area contributed by atoms with Crippen LogP contribution in [0.3, 0.4) is 0 Å². The van der Waals surface area contributed by atoms with E-state index in [4.69, 9.17) is 15.0 Å². The molecular formula is C58H39N3. The van der Waals surface area contributed by atoms with Gasteiger partial charge in [-0.2, -0.15) is 0 Å². The van der Waals surface area contributed by atoms with Gasteiger partial charge in [-0.15, -0.1) is 0 Å². The predicted octanol–water partition coefficient (Wildman–Crippen LogP) is 15.3. The van der Waals surface area contributed by atoms with Crippen LogP contribution < -0.4 is 0 Å². The third-order valence-corrected chi connectivity index (χ3v) is 11.8. The van der Waals surface area contributed by atoms with Crippen LogP contribution in [0.15, 0.2) is 218 Å². The minimum absolute atomic E-state index is 0.689. The molecule has 2 heterocycles. The molecule has 9 aromatic carbocycles. The zero-order valence-corrected chi connectivity index (χ0v) is 33.6. The largest absolute Gasteiger partial charge is 0.247 e. The summed E-state index contributed by atoms with van der Waals surface area (Å²) in [5, 5.41) is 6.07. The molecule has 0 aliphatic carbocycles. The maximum Gasteiger partial charge on any atom is 0.160 e. The molecule has 0 aliphatic heterocycles. The van der Waals surface area contributed by atoms with Crippen molar-refractivity contribution in [3.05, 3.63) is 224 Å². The van der Waals surface area contributed by atoms with Crippen LogP contribution in [0, 0.1) is 6.92 Å². The molecule has 0 fully saturated rings. The zero-order valence-electron chi connectivity index (χ0n) is 33.6. The molecule has 3 nitrogen and oxygen atoms in total. The summed E-state index contributed by atoms with van der Waals surface area (Å²) in [5.41, 5.74) is 16.0. The molecule has 0 aliphatic rings. The summed E-state index contributed by atoms with van der Waals surface area (Å²) in [7, 11) is 0. The summed E-state index contributed by atoms with van der Waals surface area (Å²) in [6.45, 7) is 2.15. The molecule has 286 valence electrons. The monoisotopic (exact) mass is 777 g/mol. The highest BCUT2D eigenvalue weighted by atomic mass is 14.9. The van der Waals surface area contributed by atoms with Crippen molar-refractivity contribution in [3.8, 4) is 78.5 Å².